The maximum Gasteiger partial charge on any atom is 0.258 e. The summed E-state index contributed by atoms with van der Waals surface area (Å²) in [5, 5.41) is 0.299. The molecule has 0 saturated heterocycles. The first-order valence-corrected chi connectivity index (χ1v) is 4.25. The van der Waals surface area contributed by atoms with Crippen molar-refractivity contribution in [1.82, 2.24) is 9.97 Å². The predicted molar refractivity (Wildman–Crippen MR) is 51.8 cm³/mol. The number of nitrogens with zero attached hydrogens (tertiary/aromatic N) is 1. The maximum absolute atomic E-state index is 13.0. The second kappa shape index (κ2) is 2.90. The summed E-state index contributed by atoms with van der Waals surface area (Å²) in [6, 6.07) is 2.57. The number of rotatable bonds is 0. The fourth-order valence-corrected chi connectivity index (χ4v) is 1.48. The first-order valence-electron chi connectivity index (χ1n) is 4.25. The first kappa shape index (κ1) is 8.87. The lowest BCUT2D eigenvalue weighted by Gasteiger charge is -2.01. The average Bonchev–Trinajstić information content (AvgIpc) is 2.07. The van der Waals surface area contributed by atoms with Gasteiger partial charge in [0.1, 0.15) is 11.6 Å². The topological polar surface area (TPSA) is 45.8 Å². The summed E-state index contributed by atoms with van der Waals surface area (Å²) < 4.78 is 13.0. The molecular weight excluding hydrogens is 183 g/mol. The molecule has 0 spiro atoms. The predicted octanol–water partition coefficient (Wildman–Crippen LogP) is 1.68. The highest BCUT2D eigenvalue weighted by Gasteiger charge is 2.06. The summed E-state index contributed by atoms with van der Waals surface area (Å²) in [7, 11) is 0. The third-order valence-electron chi connectivity index (χ3n) is 2.08. The second-order valence-corrected chi connectivity index (χ2v) is 3.27. The Bertz CT molecular complexity index is 560. The molecule has 1 aromatic carbocycles. The molecule has 72 valence electrons. The van der Waals surface area contributed by atoms with Crippen molar-refractivity contribution in [3.05, 3.63) is 39.7 Å². The van der Waals surface area contributed by atoms with Crippen LogP contribution in [0.5, 0.6) is 0 Å². The van der Waals surface area contributed by atoms with Gasteiger partial charge >= 0.3 is 0 Å². The van der Waals surface area contributed by atoms with E-state index in [0.29, 0.717) is 22.3 Å². The summed E-state index contributed by atoms with van der Waals surface area (Å²) in [5.74, 6) is 0.128. The van der Waals surface area contributed by atoms with E-state index in [0.717, 1.165) is 0 Å². The minimum atomic E-state index is -0.411. The number of fused-ring (bicyclic) bond motifs is 1. The zero-order chi connectivity index (χ0) is 10.3. The van der Waals surface area contributed by atoms with Crippen LogP contribution >= 0.6 is 0 Å². The number of hydrogen-bond acceptors (Lipinski definition) is 2. The SMILES string of the molecule is Cc1nc2c(C)cc(F)cc2c(=O)[nH]1. The zero-order valence-corrected chi connectivity index (χ0v) is 7.89. The van der Waals surface area contributed by atoms with Crippen LogP contribution in [0.1, 0.15) is 11.4 Å². The monoisotopic (exact) mass is 192 g/mol. The van der Waals surface area contributed by atoms with Crippen molar-refractivity contribution < 1.29 is 4.39 Å². The average molecular weight is 192 g/mol. The van der Waals surface area contributed by atoms with Gasteiger partial charge in [0.25, 0.3) is 5.56 Å². The summed E-state index contributed by atoms with van der Waals surface area (Å²) >= 11 is 0. The number of benzene rings is 1. The Kier molecular flexibility index (Phi) is 1.84. The number of halogens is 1. The van der Waals surface area contributed by atoms with Crippen LogP contribution in [0.4, 0.5) is 4.39 Å². The lowest BCUT2D eigenvalue weighted by molar-refractivity contribution is 0.628. The van der Waals surface area contributed by atoms with E-state index in [2.05, 4.69) is 9.97 Å². The second-order valence-electron chi connectivity index (χ2n) is 3.27. The third-order valence-corrected chi connectivity index (χ3v) is 2.08. The lowest BCUT2D eigenvalue weighted by atomic mass is 10.1. The van der Waals surface area contributed by atoms with Crippen molar-refractivity contribution in [3.8, 4) is 0 Å². The molecule has 0 bridgehead atoms. The normalized spacial score (nSPS) is 10.8. The van der Waals surface area contributed by atoms with Crippen molar-refractivity contribution in [3.63, 3.8) is 0 Å². The van der Waals surface area contributed by atoms with Gasteiger partial charge in [-0.25, -0.2) is 9.37 Å². The van der Waals surface area contributed by atoms with Gasteiger partial charge in [0.15, 0.2) is 0 Å². The van der Waals surface area contributed by atoms with E-state index in [4.69, 9.17) is 0 Å². The highest BCUT2D eigenvalue weighted by Crippen LogP contribution is 2.14. The van der Waals surface area contributed by atoms with Crippen molar-refractivity contribution in [2.45, 2.75) is 13.8 Å². The van der Waals surface area contributed by atoms with E-state index >= 15 is 0 Å². The van der Waals surface area contributed by atoms with Crippen LogP contribution in [0.3, 0.4) is 0 Å². The Hall–Kier alpha value is -1.71. The van der Waals surface area contributed by atoms with E-state index in [1.54, 1.807) is 13.8 Å². The van der Waals surface area contributed by atoms with Gasteiger partial charge in [-0.1, -0.05) is 0 Å². The molecule has 0 atom stereocenters. The minimum absolute atomic E-state index is 0.296. The number of aromatic nitrogens is 2. The van der Waals surface area contributed by atoms with Crippen LogP contribution in [0.25, 0.3) is 10.9 Å². The third kappa shape index (κ3) is 1.28. The Balaban J connectivity index is 3.02. The summed E-state index contributed by atoms with van der Waals surface area (Å²) in [6.07, 6.45) is 0. The van der Waals surface area contributed by atoms with Crippen molar-refractivity contribution in [2.24, 2.45) is 0 Å². The number of nitrogens with one attached hydrogen (secondary N) is 1. The molecule has 1 heterocycles. The number of aryl methyl sites for hydroxylation is 2. The Morgan fingerprint density at radius 3 is 2.79 bits per heavy atom. The van der Waals surface area contributed by atoms with E-state index < -0.39 is 5.82 Å². The summed E-state index contributed by atoms with van der Waals surface area (Å²) in [4.78, 5) is 18.1. The molecule has 0 aliphatic heterocycles. The highest BCUT2D eigenvalue weighted by molar-refractivity contribution is 5.80. The van der Waals surface area contributed by atoms with Gasteiger partial charge in [-0.15, -0.1) is 0 Å². The van der Waals surface area contributed by atoms with E-state index in [1.807, 2.05) is 0 Å². The molecule has 1 aromatic heterocycles. The number of H-pyrrole nitrogens is 1. The molecule has 0 aliphatic carbocycles. The van der Waals surface area contributed by atoms with Crippen LogP contribution < -0.4 is 5.56 Å². The van der Waals surface area contributed by atoms with Crippen LogP contribution in [-0.2, 0) is 0 Å². The molecule has 2 aromatic rings. The van der Waals surface area contributed by atoms with Gasteiger partial charge in [0, 0.05) is 0 Å². The summed E-state index contributed by atoms with van der Waals surface area (Å²) in [6.45, 7) is 3.43. The van der Waals surface area contributed by atoms with Crippen LogP contribution in [0, 0.1) is 19.7 Å². The van der Waals surface area contributed by atoms with Crippen molar-refractivity contribution in [1.29, 1.82) is 0 Å². The van der Waals surface area contributed by atoms with Gasteiger partial charge in [-0.3, -0.25) is 4.79 Å². The van der Waals surface area contributed by atoms with Crippen molar-refractivity contribution >= 4 is 10.9 Å². The molecule has 3 nitrogen and oxygen atoms in total. The first-order chi connectivity index (χ1) is 6.58. The van der Waals surface area contributed by atoms with Gasteiger partial charge in [-0.2, -0.15) is 0 Å². The van der Waals surface area contributed by atoms with Gasteiger partial charge in [0.05, 0.1) is 10.9 Å². The highest BCUT2D eigenvalue weighted by atomic mass is 19.1. The van der Waals surface area contributed by atoms with Gasteiger partial charge in [-0.05, 0) is 31.5 Å². The summed E-state index contributed by atoms with van der Waals surface area (Å²) in [5.41, 5.74) is 0.942. The number of hydrogen-bond donors (Lipinski definition) is 1. The standard InChI is InChI=1S/C10H9FN2O/c1-5-3-7(11)4-8-9(5)12-6(2)13-10(8)14/h3-4H,1-2H3,(H,12,13,14). The number of aromatic amines is 1. The minimum Gasteiger partial charge on any atom is -0.310 e. The van der Waals surface area contributed by atoms with Crippen LogP contribution in [0.15, 0.2) is 16.9 Å². The fraction of sp³-hybridized carbons (Fsp3) is 0.200. The molecule has 0 saturated carbocycles. The molecule has 0 amide bonds. The van der Waals surface area contributed by atoms with E-state index in [1.165, 1.54) is 12.1 Å². The Morgan fingerprint density at radius 1 is 1.36 bits per heavy atom. The maximum atomic E-state index is 13.0. The molecule has 0 aliphatic rings. The zero-order valence-electron chi connectivity index (χ0n) is 7.89. The molecule has 0 unspecified atom stereocenters. The Labute approximate surface area is 79.6 Å². The van der Waals surface area contributed by atoms with E-state index in [-0.39, 0.29) is 5.56 Å². The quantitative estimate of drug-likeness (QED) is 0.690. The smallest absolute Gasteiger partial charge is 0.258 e. The van der Waals surface area contributed by atoms with Gasteiger partial charge in [0.2, 0.25) is 0 Å². The molecule has 14 heavy (non-hydrogen) atoms. The Morgan fingerprint density at radius 2 is 2.07 bits per heavy atom. The molecule has 4 heteroatoms. The molecular formula is C10H9FN2O. The molecule has 2 rings (SSSR count). The molecule has 0 fully saturated rings. The fourth-order valence-electron chi connectivity index (χ4n) is 1.48. The van der Waals surface area contributed by atoms with Crippen molar-refractivity contribution in [2.75, 3.05) is 0 Å². The van der Waals surface area contributed by atoms with Crippen LogP contribution in [-0.4, -0.2) is 9.97 Å². The molecule has 1 N–H and O–H groups in total. The van der Waals surface area contributed by atoms with Gasteiger partial charge < -0.3 is 4.98 Å². The lowest BCUT2D eigenvalue weighted by Crippen LogP contribution is -2.10. The van der Waals surface area contributed by atoms with Crippen LogP contribution in [0.2, 0.25) is 0 Å². The van der Waals surface area contributed by atoms with E-state index in [9.17, 15) is 9.18 Å². The molecule has 0 radical (unpaired) electrons. The largest absolute Gasteiger partial charge is 0.310 e.